The number of rotatable bonds is 6. The molecule has 1 saturated heterocycles. The summed E-state index contributed by atoms with van der Waals surface area (Å²) in [4.78, 5) is 12.4. The van der Waals surface area contributed by atoms with Gasteiger partial charge in [0.15, 0.2) is 0 Å². The Hall–Kier alpha value is -1.66. The highest BCUT2D eigenvalue weighted by molar-refractivity contribution is 5.35. The first-order chi connectivity index (χ1) is 10.4. The number of nitrogens with zero attached hydrogens (tertiary/aromatic N) is 2. The Labute approximate surface area is 130 Å². The van der Waals surface area contributed by atoms with Gasteiger partial charge in [-0.2, -0.15) is 0 Å². The van der Waals surface area contributed by atoms with E-state index in [1.165, 1.54) is 18.6 Å². The van der Waals surface area contributed by atoms with Gasteiger partial charge in [-0.1, -0.05) is 13.8 Å². The summed E-state index contributed by atoms with van der Waals surface area (Å²) in [6, 6.07) is 5.90. The molecule has 1 heterocycles. The SMILES string of the molecule is C[C@@H]1C[C@@H](C)CN(C[C@@H](O)COc2ccc([N+](=O)[O-])cc2)C1. The fraction of sp³-hybridized carbons (Fsp3) is 0.625. The van der Waals surface area contributed by atoms with E-state index in [9.17, 15) is 15.2 Å². The van der Waals surface area contributed by atoms with Crippen molar-refractivity contribution in [3.05, 3.63) is 34.4 Å². The second kappa shape index (κ2) is 7.56. The predicted octanol–water partition coefficient (Wildman–Crippen LogP) is 2.31. The van der Waals surface area contributed by atoms with Crippen LogP contribution in [0.1, 0.15) is 20.3 Å². The Morgan fingerprint density at radius 3 is 2.45 bits per heavy atom. The van der Waals surface area contributed by atoms with E-state index in [0.29, 0.717) is 24.1 Å². The van der Waals surface area contributed by atoms with Crippen molar-refractivity contribution in [2.24, 2.45) is 11.8 Å². The summed E-state index contributed by atoms with van der Waals surface area (Å²) >= 11 is 0. The van der Waals surface area contributed by atoms with Crippen molar-refractivity contribution in [1.82, 2.24) is 4.90 Å². The molecule has 2 rings (SSSR count). The zero-order valence-corrected chi connectivity index (χ0v) is 13.1. The molecule has 22 heavy (non-hydrogen) atoms. The monoisotopic (exact) mass is 308 g/mol. The first kappa shape index (κ1) is 16.7. The average molecular weight is 308 g/mol. The van der Waals surface area contributed by atoms with Crippen LogP contribution in [-0.4, -0.2) is 47.3 Å². The minimum Gasteiger partial charge on any atom is -0.491 e. The van der Waals surface area contributed by atoms with Gasteiger partial charge in [-0.15, -0.1) is 0 Å². The molecule has 1 aliphatic heterocycles. The summed E-state index contributed by atoms with van der Waals surface area (Å²) < 4.78 is 5.50. The summed E-state index contributed by atoms with van der Waals surface area (Å²) in [7, 11) is 0. The average Bonchev–Trinajstić information content (AvgIpc) is 2.44. The molecule has 1 aromatic rings. The third-order valence-corrected chi connectivity index (χ3v) is 3.90. The molecule has 1 fully saturated rings. The van der Waals surface area contributed by atoms with Gasteiger partial charge >= 0.3 is 0 Å². The second-order valence-corrected chi connectivity index (χ2v) is 6.38. The number of hydrogen-bond acceptors (Lipinski definition) is 5. The molecule has 0 spiro atoms. The molecule has 1 aromatic carbocycles. The number of aliphatic hydroxyl groups is 1. The topological polar surface area (TPSA) is 75.8 Å². The van der Waals surface area contributed by atoms with Crippen molar-refractivity contribution >= 4 is 5.69 Å². The van der Waals surface area contributed by atoms with Crippen molar-refractivity contribution in [1.29, 1.82) is 0 Å². The van der Waals surface area contributed by atoms with Gasteiger partial charge in [-0.25, -0.2) is 0 Å². The number of β-amino-alcohol motifs (C(OH)–C–C–N with tert-alkyl or cyclic N) is 1. The largest absolute Gasteiger partial charge is 0.491 e. The molecular weight excluding hydrogens is 284 g/mol. The number of likely N-dealkylation sites (tertiary alicyclic amines) is 1. The molecule has 0 bridgehead atoms. The molecule has 6 nitrogen and oxygen atoms in total. The molecule has 0 unspecified atom stereocenters. The fourth-order valence-corrected chi connectivity index (χ4v) is 3.15. The van der Waals surface area contributed by atoms with E-state index in [4.69, 9.17) is 4.74 Å². The molecule has 0 aliphatic carbocycles. The van der Waals surface area contributed by atoms with E-state index in [1.54, 1.807) is 12.1 Å². The summed E-state index contributed by atoms with van der Waals surface area (Å²) in [5.41, 5.74) is 0.0317. The first-order valence-corrected chi connectivity index (χ1v) is 7.71. The molecule has 0 radical (unpaired) electrons. The summed E-state index contributed by atoms with van der Waals surface area (Å²) in [6.45, 7) is 7.29. The van der Waals surface area contributed by atoms with Gasteiger partial charge in [-0.05, 0) is 30.4 Å². The number of nitro groups is 1. The van der Waals surface area contributed by atoms with E-state index >= 15 is 0 Å². The van der Waals surface area contributed by atoms with Gasteiger partial charge in [-0.3, -0.25) is 10.1 Å². The zero-order chi connectivity index (χ0) is 16.1. The number of aliphatic hydroxyl groups excluding tert-OH is 1. The Bertz CT molecular complexity index is 481. The number of piperidine rings is 1. The van der Waals surface area contributed by atoms with Crippen molar-refractivity contribution in [2.45, 2.75) is 26.4 Å². The third kappa shape index (κ3) is 4.96. The maximum Gasteiger partial charge on any atom is 0.269 e. The minimum absolute atomic E-state index is 0.0317. The molecule has 122 valence electrons. The lowest BCUT2D eigenvalue weighted by Gasteiger charge is -2.35. The quantitative estimate of drug-likeness (QED) is 0.644. The van der Waals surface area contributed by atoms with Gasteiger partial charge < -0.3 is 14.7 Å². The number of benzene rings is 1. The molecular formula is C16H24N2O4. The van der Waals surface area contributed by atoms with Crippen LogP contribution in [0, 0.1) is 22.0 Å². The summed E-state index contributed by atoms with van der Waals surface area (Å²) in [5, 5.41) is 20.7. The number of hydrogen-bond donors (Lipinski definition) is 1. The molecule has 0 aromatic heterocycles. The van der Waals surface area contributed by atoms with Crippen LogP contribution in [0.25, 0.3) is 0 Å². The maximum absolute atomic E-state index is 10.6. The van der Waals surface area contributed by atoms with Gasteiger partial charge in [0, 0.05) is 31.8 Å². The minimum atomic E-state index is -0.562. The van der Waals surface area contributed by atoms with Crippen LogP contribution in [0.5, 0.6) is 5.75 Å². The molecule has 1 aliphatic rings. The zero-order valence-electron chi connectivity index (χ0n) is 13.1. The van der Waals surface area contributed by atoms with Crippen molar-refractivity contribution in [3.8, 4) is 5.75 Å². The standard InChI is InChI=1S/C16H24N2O4/c1-12-7-13(2)9-17(8-12)10-15(19)11-22-16-5-3-14(4-6-16)18(20)21/h3-6,12-13,15,19H,7-11H2,1-2H3/t12-,13-,15-/m1/s1. The van der Waals surface area contributed by atoms with Crippen LogP contribution >= 0.6 is 0 Å². The number of non-ortho nitro benzene ring substituents is 1. The second-order valence-electron chi connectivity index (χ2n) is 6.38. The van der Waals surface area contributed by atoms with Crippen molar-refractivity contribution < 1.29 is 14.8 Å². The normalized spacial score (nSPS) is 24.0. The number of nitro benzene ring substituents is 1. The van der Waals surface area contributed by atoms with Crippen molar-refractivity contribution in [3.63, 3.8) is 0 Å². The lowest BCUT2D eigenvalue weighted by atomic mass is 9.92. The van der Waals surface area contributed by atoms with Crippen LogP contribution < -0.4 is 4.74 Å². The summed E-state index contributed by atoms with van der Waals surface area (Å²) in [6.07, 6.45) is 0.680. The maximum atomic E-state index is 10.6. The lowest BCUT2D eigenvalue weighted by Crippen LogP contribution is -2.43. The van der Waals surface area contributed by atoms with E-state index in [-0.39, 0.29) is 12.3 Å². The van der Waals surface area contributed by atoms with E-state index in [0.717, 1.165) is 13.1 Å². The van der Waals surface area contributed by atoms with E-state index in [1.807, 2.05) is 0 Å². The molecule has 1 N–H and O–H groups in total. The van der Waals surface area contributed by atoms with Gasteiger partial charge in [0.2, 0.25) is 0 Å². The van der Waals surface area contributed by atoms with Crippen LogP contribution in [0.15, 0.2) is 24.3 Å². The Morgan fingerprint density at radius 2 is 1.91 bits per heavy atom. The van der Waals surface area contributed by atoms with Crippen LogP contribution in [0.2, 0.25) is 0 Å². The highest BCUT2D eigenvalue weighted by Gasteiger charge is 2.23. The van der Waals surface area contributed by atoms with Gasteiger partial charge in [0.1, 0.15) is 18.5 Å². The highest BCUT2D eigenvalue weighted by Crippen LogP contribution is 2.21. The third-order valence-electron chi connectivity index (χ3n) is 3.90. The predicted molar refractivity (Wildman–Crippen MR) is 84.0 cm³/mol. The Balaban J connectivity index is 1.77. The number of ether oxygens (including phenoxy) is 1. The van der Waals surface area contributed by atoms with Crippen LogP contribution in [0.3, 0.4) is 0 Å². The Kier molecular flexibility index (Phi) is 5.74. The highest BCUT2D eigenvalue weighted by atomic mass is 16.6. The molecule has 3 atom stereocenters. The smallest absolute Gasteiger partial charge is 0.269 e. The fourth-order valence-electron chi connectivity index (χ4n) is 3.15. The van der Waals surface area contributed by atoms with E-state index < -0.39 is 11.0 Å². The van der Waals surface area contributed by atoms with Crippen LogP contribution in [-0.2, 0) is 0 Å². The van der Waals surface area contributed by atoms with Crippen LogP contribution in [0.4, 0.5) is 5.69 Å². The Morgan fingerprint density at radius 1 is 1.32 bits per heavy atom. The molecule has 6 heteroatoms. The van der Waals surface area contributed by atoms with Crippen molar-refractivity contribution in [2.75, 3.05) is 26.2 Å². The van der Waals surface area contributed by atoms with Gasteiger partial charge in [0.05, 0.1) is 4.92 Å². The lowest BCUT2D eigenvalue weighted by molar-refractivity contribution is -0.384. The van der Waals surface area contributed by atoms with E-state index in [2.05, 4.69) is 18.7 Å². The van der Waals surface area contributed by atoms with Gasteiger partial charge in [0.25, 0.3) is 5.69 Å². The molecule has 0 saturated carbocycles. The first-order valence-electron chi connectivity index (χ1n) is 7.71. The summed E-state index contributed by atoms with van der Waals surface area (Å²) in [5.74, 6) is 1.85. The molecule has 0 amide bonds.